The molecule has 0 N–H and O–H groups in total. The molecule has 0 atom stereocenters. The number of hydrogen-bond donors (Lipinski definition) is 0. The lowest BCUT2D eigenvalue weighted by Gasteiger charge is -2.09. The van der Waals surface area contributed by atoms with Gasteiger partial charge in [0.05, 0.1) is 26.9 Å². The maximum Gasteiger partial charge on any atom is 0.283 e. The van der Waals surface area contributed by atoms with Crippen molar-refractivity contribution in [1.29, 1.82) is 0 Å². The zero-order valence-corrected chi connectivity index (χ0v) is 20.8. The van der Waals surface area contributed by atoms with Crippen LogP contribution in [0.1, 0.15) is 11.1 Å². The molecule has 0 bridgehead atoms. The Labute approximate surface area is 219 Å². The molecule has 0 aliphatic rings. The molecule has 0 unspecified atom stereocenters. The number of nitro groups is 1. The smallest absolute Gasteiger partial charge is 0.258 e. The fourth-order valence-corrected chi connectivity index (χ4v) is 4.57. The van der Waals surface area contributed by atoms with E-state index in [1.807, 2.05) is 104 Å². The van der Waals surface area contributed by atoms with Crippen molar-refractivity contribution in [2.24, 2.45) is 4.99 Å². The maximum atomic E-state index is 12.0. The summed E-state index contributed by atoms with van der Waals surface area (Å²) in [6.07, 6.45) is 1.63. The van der Waals surface area contributed by atoms with Gasteiger partial charge in [0.15, 0.2) is 5.16 Å². The van der Waals surface area contributed by atoms with Gasteiger partial charge in [-0.3, -0.25) is 15.1 Å². The molecule has 0 saturated heterocycles. The highest BCUT2D eigenvalue weighted by Gasteiger charge is 2.18. The molecule has 0 saturated carbocycles. The van der Waals surface area contributed by atoms with Gasteiger partial charge in [0.2, 0.25) is 0 Å². The van der Waals surface area contributed by atoms with Gasteiger partial charge in [0.25, 0.3) is 5.69 Å². The zero-order valence-electron chi connectivity index (χ0n) is 20.0. The second kappa shape index (κ2) is 11.0. The van der Waals surface area contributed by atoms with E-state index in [4.69, 9.17) is 9.97 Å². The molecule has 6 nitrogen and oxygen atoms in total. The van der Waals surface area contributed by atoms with Crippen LogP contribution in [-0.2, 0) is 0 Å². The van der Waals surface area contributed by atoms with E-state index in [0.29, 0.717) is 15.6 Å². The molecule has 180 valence electrons. The second-order valence-electron chi connectivity index (χ2n) is 8.33. The Morgan fingerprint density at radius 1 is 0.784 bits per heavy atom. The molecule has 5 rings (SSSR count). The highest BCUT2D eigenvalue weighted by atomic mass is 32.2. The molecule has 7 heteroatoms. The predicted molar refractivity (Wildman–Crippen MR) is 149 cm³/mol. The van der Waals surface area contributed by atoms with Crippen molar-refractivity contribution in [3.05, 3.63) is 130 Å². The minimum atomic E-state index is -0.384. The van der Waals surface area contributed by atoms with Crippen LogP contribution in [0.3, 0.4) is 0 Å². The molecular weight excluding hydrogens is 480 g/mol. The van der Waals surface area contributed by atoms with E-state index in [1.54, 1.807) is 12.3 Å². The molecule has 0 radical (unpaired) electrons. The van der Waals surface area contributed by atoms with Crippen molar-refractivity contribution in [3.8, 4) is 22.5 Å². The van der Waals surface area contributed by atoms with Crippen LogP contribution >= 0.6 is 11.8 Å². The number of aryl methyl sites for hydroxylation is 1. The topological polar surface area (TPSA) is 81.3 Å². The number of rotatable bonds is 7. The fourth-order valence-electron chi connectivity index (χ4n) is 3.71. The van der Waals surface area contributed by atoms with Crippen LogP contribution in [0.5, 0.6) is 0 Å². The molecule has 0 spiro atoms. The molecule has 0 fully saturated rings. The Bertz CT molecular complexity index is 1510. The molecule has 5 aromatic rings. The van der Waals surface area contributed by atoms with Crippen LogP contribution < -0.4 is 0 Å². The van der Waals surface area contributed by atoms with Gasteiger partial charge >= 0.3 is 0 Å². The quantitative estimate of drug-likeness (QED) is 0.0977. The van der Waals surface area contributed by atoms with Gasteiger partial charge in [-0.1, -0.05) is 84.4 Å². The van der Waals surface area contributed by atoms with Gasteiger partial charge < -0.3 is 0 Å². The van der Waals surface area contributed by atoms with Crippen LogP contribution in [0.4, 0.5) is 11.4 Å². The molecule has 0 aliphatic heterocycles. The van der Waals surface area contributed by atoms with Crippen molar-refractivity contribution in [2.45, 2.75) is 17.0 Å². The molecule has 0 aliphatic carbocycles. The number of aliphatic imine (C=N–C) groups is 1. The zero-order chi connectivity index (χ0) is 25.6. The number of benzene rings is 4. The van der Waals surface area contributed by atoms with E-state index in [0.717, 1.165) is 33.8 Å². The van der Waals surface area contributed by atoms with Crippen molar-refractivity contribution in [3.63, 3.8) is 0 Å². The summed E-state index contributed by atoms with van der Waals surface area (Å²) in [5.41, 5.74) is 5.94. The van der Waals surface area contributed by atoms with Gasteiger partial charge in [-0.25, -0.2) is 9.97 Å². The van der Waals surface area contributed by atoms with E-state index >= 15 is 0 Å². The summed E-state index contributed by atoms with van der Waals surface area (Å²) >= 11 is 1.18. The Kier molecular flexibility index (Phi) is 7.14. The summed E-state index contributed by atoms with van der Waals surface area (Å²) < 4.78 is 0. The molecule has 1 aromatic heterocycles. The third-order valence-electron chi connectivity index (χ3n) is 5.62. The van der Waals surface area contributed by atoms with E-state index in [1.165, 1.54) is 17.8 Å². The number of nitro benzene ring substituents is 1. The van der Waals surface area contributed by atoms with Crippen LogP contribution in [-0.4, -0.2) is 21.1 Å². The Balaban J connectivity index is 1.50. The summed E-state index contributed by atoms with van der Waals surface area (Å²) in [5.74, 6) is 0. The summed E-state index contributed by atoms with van der Waals surface area (Å²) in [5, 5.41) is 12.4. The van der Waals surface area contributed by atoms with Crippen molar-refractivity contribution in [1.82, 2.24) is 9.97 Å². The summed E-state index contributed by atoms with van der Waals surface area (Å²) in [6.45, 7) is 2.01. The first-order chi connectivity index (χ1) is 18.0. The SMILES string of the molecule is Cc1ccc(N=Cc2ccc(Sc3nc(-c4ccccc4)cc(-c4ccccc4)n3)c([N+](=O)[O-])c2)cc1. The first-order valence-corrected chi connectivity index (χ1v) is 12.4. The average molecular weight is 503 g/mol. The number of hydrogen-bond acceptors (Lipinski definition) is 6. The average Bonchev–Trinajstić information content (AvgIpc) is 2.94. The summed E-state index contributed by atoms with van der Waals surface area (Å²) in [7, 11) is 0. The third-order valence-corrected chi connectivity index (χ3v) is 6.55. The van der Waals surface area contributed by atoms with Crippen LogP contribution in [0.15, 0.2) is 124 Å². The normalized spacial score (nSPS) is 11.1. The summed E-state index contributed by atoms with van der Waals surface area (Å²) in [4.78, 5) is 25.9. The molecular formula is C30H22N4O2S. The van der Waals surface area contributed by atoms with Crippen molar-refractivity contribution < 1.29 is 4.92 Å². The van der Waals surface area contributed by atoms with E-state index in [-0.39, 0.29) is 10.6 Å². The molecule has 0 amide bonds. The van der Waals surface area contributed by atoms with Gasteiger partial charge in [0, 0.05) is 23.4 Å². The van der Waals surface area contributed by atoms with Gasteiger partial charge in [-0.05, 0) is 48.5 Å². The highest BCUT2D eigenvalue weighted by Crippen LogP contribution is 2.36. The standard InChI is InChI=1S/C30H22N4O2S/c1-21-12-15-25(16-13-21)31-20-22-14-17-29(28(18-22)34(35)36)37-30-32-26(23-8-4-2-5-9-23)19-27(33-30)24-10-6-3-7-11-24/h2-20H,1H3. The molecule has 1 heterocycles. The fraction of sp³-hybridized carbons (Fsp3) is 0.0333. The first-order valence-electron chi connectivity index (χ1n) is 11.6. The Morgan fingerprint density at radius 2 is 1.38 bits per heavy atom. The third kappa shape index (κ3) is 5.97. The lowest BCUT2D eigenvalue weighted by Crippen LogP contribution is -1.97. The summed E-state index contributed by atoms with van der Waals surface area (Å²) in [6, 6.07) is 34.4. The highest BCUT2D eigenvalue weighted by molar-refractivity contribution is 7.99. The van der Waals surface area contributed by atoms with E-state index in [9.17, 15) is 10.1 Å². The maximum absolute atomic E-state index is 12.0. The van der Waals surface area contributed by atoms with Crippen molar-refractivity contribution >= 4 is 29.4 Å². The van der Waals surface area contributed by atoms with Crippen LogP contribution in [0.25, 0.3) is 22.5 Å². The van der Waals surface area contributed by atoms with E-state index in [2.05, 4.69) is 4.99 Å². The van der Waals surface area contributed by atoms with Crippen LogP contribution in [0.2, 0.25) is 0 Å². The molecule has 4 aromatic carbocycles. The predicted octanol–water partition coefficient (Wildman–Crippen LogP) is 7.93. The first kappa shape index (κ1) is 24.1. The second-order valence-corrected chi connectivity index (χ2v) is 9.34. The van der Waals surface area contributed by atoms with Crippen molar-refractivity contribution in [2.75, 3.05) is 0 Å². The Morgan fingerprint density at radius 3 is 1.95 bits per heavy atom. The van der Waals surface area contributed by atoms with Gasteiger partial charge in [0.1, 0.15) is 0 Å². The van der Waals surface area contributed by atoms with Gasteiger partial charge in [-0.2, -0.15) is 0 Å². The molecule has 37 heavy (non-hydrogen) atoms. The van der Waals surface area contributed by atoms with Crippen LogP contribution in [0, 0.1) is 17.0 Å². The van der Waals surface area contributed by atoms with Gasteiger partial charge in [-0.15, -0.1) is 0 Å². The lowest BCUT2D eigenvalue weighted by atomic mass is 10.1. The van der Waals surface area contributed by atoms with E-state index < -0.39 is 0 Å². The number of aromatic nitrogens is 2. The minimum absolute atomic E-state index is 0.0205. The minimum Gasteiger partial charge on any atom is -0.258 e. The lowest BCUT2D eigenvalue weighted by molar-refractivity contribution is -0.387. The monoisotopic (exact) mass is 502 g/mol. The largest absolute Gasteiger partial charge is 0.283 e. The Hall–Kier alpha value is -4.62. The number of nitrogens with zero attached hydrogens (tertiary/aromatic N) is 4.